The van der Waals surface area contributed by atoms with Crippen LogP contribution in [0.2, 0.25) is 0 Å². The second-order valence-electron chi connectivity index (χ2n) is 4.38. The van der Waals surface area contributed by atoms with Crippen LogP contribution in [-0.4, -0.2) is 4.92 Å². The highest BCUT2D eigenvalue weighted by atomic mass is 79.9. The maximum atomic E-state index is 10.6. The van der Waals surface area contributed by atoms with Gasteiger partial charge < -0.3 is 5.32 Å². The van der Waals surface area contributed by atoms with Gasteiger partial charge in [-0.15, -0.1) is 0 Å². The summed E-state index contributed by atoms with van der Waals surface area (Å²) in [5, 5.41) is 13.9. The molecule has 0 aliphatic rings. The lowest BCUT2D eigenvalue weighted by Gasteiger charge is -2.12. The number of rotatable bonds is 4. The van der Waals surface area contributed by atoms with E-state index in [1.807, 2.05) is 19.1 Å². The lowest BCUT2D eigenvalue weighted by molar-refractivity contribution is -0.384. The molecule has 0 amide bonds. The van der Waals surface area contributed by atoms with Gasteiger partial charge in [-0.2, -0.15) is 0 Å². The van der Waals surface area contributed by atoms with Gasteiger partial charge in [0.15, 0.2) is 0 Å². The van der Waals surface area contributed by atoms with Gasteiger partial charge >= 0.3 is 0 Å². The second-order valence-corrected chi connectivity index (χ2v) is 6.09. The highest BCUT2D eigenvalue weighted by Crippen LogP contribution is 2.32. The Morgan fingerprint density at radius 1 is 1.15 bits per heavy atom. The van der Waals surface area contributed by atoms with E-state index in [-0.39, 0.29) is 5.69 Å². The summed E-state index contributed by atoms with van der Waals surface area (Å²) in [5.41, 5.74) is 3.21. The number of hydrogen-bond donors (Lipinski definition) is 1. The zero-order chi connectivity index (χ0) is 14.7. The zero-order valence-electron chi connectivity index (χ0n) is 10.7. The molecule has 0 aliphatic heterocycles. The minimum atomic E-state index is -0.398. The third-order valence-electron chi connectivity index (χ3n) is 2.80. The Bertz CT molecular complexity index is 619. The topological polar surface area (TPSA) is 55.2 Å². The van der Waals surface area contributed by atoms with Gasteiger partial charge in [-0.1, -0.05) is 12.1 Å². The number of anilines is 1. The van der Waals surface area contributed by atoms with Crippen LogP contribution < -0.4 is 5.32 Å². The van der Waals surface area contributed by atoms with Crippen molar-refractivity contribution in [1.82, 2.24) is 0 Å². The lowest BCUT2D eigenvalue weighted by Crippen LogP contribution is -2.01. The zero-order valence-corrected chi connectivity index (χ0v) is 13.9. The van der Waals surface area contributed by atoms with Crippen molar-refractivity contribution in [2.75, 3.05) is 5.32 Å². The number of nitro groups is 1. The fourth-order valence-electron chi connectivity index (χ4n) is 1.79. The molecule has 0 radical (unpaired) electrons. The molecule has 2 rings (SSSR count). The van der Waals surface area contributed by atoms with E-state index >= 15 is 0 Å². The molecule has 0 aromatic heterocycles. The van der Waals surface area contributed by atoms with Gasteiger partial charge in [-0.3, -0.25) is 10.1 Å². The van der Waals surface area contributed by atoms with Gasteiger partial charge in [0.1, 0.15) is 0 Å². The molecule has 2 aromatic carbocycles. The Morgan fingerprint density at radius 2 is 1.70 bits per heavy atom. The molecule has 0 aliphatic carbocycles. The number of nitrogens with one attached hydrogen (secondary N) is 1. The third kappa shape index (κ3) is 3.58. The standard InChI is InChI=1S/C14H12Br2N2O2/c1-9-6-12(15)14(13(16)7-9)17-8-10-2-4-11(5-3-10)18(19)20/h2-7,17H,8H2,1H3. The highest BCUT2D eigenvalue weighted by Gasteiger charge is 2.07. The molecule has 0 atom stereocenters. The van der Waals surface area contributed by atoms with Crippen LogP contribution in [-0.2, 0) is 6.54 Å². The van der Waals surface area contributed by atoms with Gasteiger partial charge in [0.25, 0.3) is 5.69 Å². The van der Waals surface area contributed by atoms with Crippen LogP contribution in [0.15, 0.2) is 45.3 Å². The van der Waals surface area contributed by atoms with E-state index in [0.29, 0.717) is 6.54 Å². The Morgan fingerprint density at radius 3 is 2.20 bits per heavy atom. The summed E-state index contributed by atoms with van der Waals surface area (Å²) in [5.74, 6) is 0. The van der Waals surface area contributed by atoms with Crippen molar-refractivity contribution in [3.63, 3.8) is 0 Å². The van der Waals surface area contributed by atoms with Gasteiger partial charge in [-0.05, 0) is 62.0 Å². The summed E-state index contributed by atoms with van der Waals surface area (Å²) in [7, 11) is 0. The van der Waals surface area contributed by atoms with Crippen molar-refractivity contribution in [3.05, 3.63) is 66.6 Å². The fraction of sp³-hybridized carbons (Fsp3) is 0.143. The second kappa shape index (κ2) is 6.37. The number of non-ortho nitro benzene ring substituents is 1. The predicted octanol–water partition coefficient (Wildman–Crippen LogP) is 5.04. The number of nitro benzene ring substituents is 1. The fourth-order valence-corrected chi connectivity index (χ4v) is 3.49. The van der Waals surface area contributed by atoms with Crippen LogP contribution in [0.3, 0.4) is 0 Å². The molecule has 2 aromatic rings. The van der Waals surface area contributed by atoms with E-state index in [4.69, 9.17) is 0 Å². The Kier molecular flexibility index (Phi) is 4.77. The molecule has 20 heavy (non-hydrogen) atoms. The normalized spacial score (nSPS) is 10.3. The summed E-state index contributed by atoms with van der Waals surface area (Å²) in [6.45, 7) is 2.62. The first-order valence-electron chi connectivity index (χ1n) is 5.90. The Labute approximate surface area is 133 Å². The summed E-state index contributed by atoms with van der Waals surface area (Å²) in [6.07, 6.45) is 0. The quantitative estimate of drug-likeness (QED) is 0.578. The highest BCUT2D eigenvalue weighted by molar-refractivity contribution is 9.11. The smallest absolute Gasteiger partial charge is 0.269 e. The van der Waals surface area contributed by atoms with E-state index < -0.39 is 4.92 Å². The largest absolute Gasteiger partial charge is 0.379 e. The van der Waals surface area contributed by atoms with Gasteiger partial charge in [0.2, 0.25) is 0 Å². The Balaban J connectivity index is 2.11. The maximum Gasteiger partial charge on any atom is 0.269 e. The summed E-state index contributed by atoms with van der Waals surface area (Å²) in [4.78, 5) is 10.2. The third-order valence-corrected chi connectivity index (χ3v) is 4.05. The van der Waals surface area contributed by atoms with Crippen molar-refractivity contribution in [1.29, 1.82) is 0 Å². The summed E-state index contributed by atoms with van der Waals surface area (Å²) >= 11 is 7.04. The van der Waals surface area contributed by atoms with E-state index in [0.717, 1.165) is 25.8 Å². The molecule has 0 spiro atoms. The average Bonchev–Trinajstić information content (AvgIpc) is 2.38. The van der Waals surface area contributed by atoms with Crippen LogP contribution in [0.4, 0.5) is 11.4 Å². The van der Waals surface area contributed by atoms with Crippen molar-refractivity contribution in [2.24, 2.45) is 0 Å². The minimum Gasteiger partial charge on any atom is -0.379 e. The Hall–Kier alpha value is -1.40. The van der Waals surface area contributed by atoms with Crippen LogP contribution in [0.25, 0.3) is 0 Å². The SMILES string of the molecule is Cc1cc(Br)c(NCc2ccc([N+](=O)[O-])cc2)c(Br)c1. The molecule has 6 heteroatoms. The molecular weight excluding hydrogens is 388 g/mol. The molecule has 0 fully saturated rings. The first-order valence-corrected chi connectivity index (χ1v) is 7.49. The van der Waals surface area contributed by atoms with Gasteiger partial charge in [0, 0.05) is 27.6 Å². The number of nitrogens with zero attached hydrogens (tertiary/aromatic N) is 1. The monoisotopic (exact) mass is 398 g/mol. The molecule has 0 bridgehead atoms. The molecule has 0 unspecified atom stereocenters. The first kappa shape index (κ1) is 15.0. The van der Waals surface area contributed by atoms with Crippen molar-refractivity contribution in [2.45, 2.75) is 13.5 Å². The van der Waals surface area contributed by atoms with Crippen molar-refractivity contribution in [3.8, 4) is 0 Å². The summed E-state index contributed by atoms with van der Waals surface area (Å²) < 4.78 is 1.96. The molecule has 0 saturated heterocycles. The molecule has 0 saturated carbocycles. The maximum absolute atomic E-state index is 10.6. The predicted molar refractivity (Wildman–Crippen MR) is 87.0 cm³/mol. The lowest BCUT2D eigenvalue weighted by atomic mass is 10.2. The van der Waals surface area contributed by atoms with E-state index in [1.54, 1.807) is 12.1 Å². The number of hydrogen-bond acceptors (Lipinski definition) is 3. The van der Waals surface area contributed by atoms with Crippen LogP contribution in [0.1, 0.15) is 11.1 Å². The molecule has 104 valence electrons. The molecule has 1 N–H and O–H groups in total. The van der Waals surface area contributed by atoms with E-state index in [1.165, 1.54) is 12.1 Å². The molecule has 4 nitrogen and oxygen atoms in total. The molecular formula is C14H12Br2N2O2. The van der Waals surface area contributed by atoms with Crippen LogP contribution in [0, 0.1) is 17.0 Å². The molecule has 0 heterocycles. The van der Waals surface area contributed by atoms with Crippen LogP contribution >= 0.6 is 31.9 Å². The van der Waals surface area contributed by atoms with Crippen LogP contribution in [0.5, 0.6) is 0 Å². The minimum absolute atomic E-state index is 0.103. The first-order chi connectivity index (χ1) is 9.47. The number of halogens is 2. The average molecular weight is 400 g/mol. The summed E-state index contributed by atoms with van der Waals surface area (Å²) in [6, 6.07) is 10.6. The van der Waals surface area contributed by atoms with E-state index in [9.17, 15) is 10.1 Å². The van der Waals surface area contributed by atoms with Gasteiger partial charge in [0.05, 0.1) is 10.6 Å². The number of aryl methyl sites for hydroxylation is 1. The van der Waals surface area contributed by atoms with Gasteiger partial charge in [-0.25, -0.2) is 0 Å². The van der Waals surface area contributed by atoms with Crippen molar-refractivity contribution >= 4 is 43.2 Å². The van der Waals surface area contributed by atoms with Crippen molar-refractivity contribution < 1.29 is 4.92 Å². The van der Waals surface area contributed by atoms with E-state index in [2.05, 4.69) is 37.2 Å². The number of benzene rings is 2.